The van der Waals surface area contributed by atoms with Gasteiger partial charge in [-0.2, -0.15) is 5.10 Å². The molecule has 0 saturated heterocycles. The third-order valence-corrected chi connectivity index (χ3v) is 6.22. The molecule has 0 aliphatic carbocycles. The number of benzene rings is 1. The summed E-state index contributed by atoms with van der Waals surface area (Å²) in [5.41, 5.74) is 3.30. The molecule has 3 aromatic rings. The summed E-state index contributed by atoms with van der Waals surface area (Å²) in [7, 11) is 1.72. The molecular formula is C27H35N7O3. The van der Waals surface area contributed by atoms with Gasteiger partial charge in [0, 0.05) is 56.4 Å². The fraction of sp³-hybridized carbons (Fsp3) is 0.444. The van der Waals surface area contributed by atoms with E-state index in [-0.39, 0.29) is 24.1 Å². The van der Waals surface area contributed by atoms with Gasteiger partial charge in [0.05, 0.1) is 18.8 Å². The van der Waals surface area contributed by atoms with Crippen molar-refractivity contribution in [2.24, 2.45) is 0 Å². The van der Waals surface area contributed by atoms with Crippen LogP contribution in [0.15, 0.2) is 49.1 Å². The number of carbonyl (C=O) groups is 2. The van der Waals surface area contributed by atoms with Crippen molar-refractivity contribution >= 4 is 23.6 Å². The second-order valence-corrected chi connectivity index (χ2v) is 10.4. The zero-order chi connectivity index (χ0) is 26.7. The lowest BCUT2D eigenvalue weighted by molar-refractivity contribution is -0.117. The van der Waals surface area contributed by atoms with Crippen molar-refractivity contribution in [2.45, 2.75) is 65.3 Å². The van der Waals surface area contributed by atoms with Crippen LogP contribution in [0.1, 0.15) is 52.6 Å². The van der Waals surface area contributed by atoms with E-state index in [1.165, 1.54) is 0 Å². The van der Waals surface area contributed by atoms with Crippen molar-refractivity contribution in [3.8, 4) is 11.1 Å². The Bertz CT molecular complexity index is 1250. The average molecular weight is 506 g/mol. The molecule has 2 unspecified atom stereocenters. The second-order valence-electron chi connectivity index (χ2n) is 10.4. The molecule has 196 valence electrons. The van der Waals surface area contributed by atoms with E-state index in [2.05, 4.69) is 33.4 Å². The minimum absolute atomic E-state index is 0.0119. The number of nitrogens with one attached hydrogen (secondary N) is 1. The lowest BCUT2D eigenvalue weighted by Crippen LogP contribution is -2.43. The van der Waals surface area contributed by atoms with Crippen LogP contribution in [0.2, 0.25) is 0 Å². The monoisotopic (exact) mass is 505 g/mol. The zero-order valence-corrected chi connectivity index (χ0v) is 22.3. The van der Waals surface area contributed by atoms with E-state index in [0.29, 0.717) is 19.0 Å². The summed E-state index contributed by atoms with van der Waals surface area (Å²) in [4.78, 5) is 36.7. The van der Waals surface area contributed by atoms with Crippen LogP contribution >= 0.6 is 0 Å². The van der Waals surface area contributed by atoms with E-state index < -0.39 is 5.60 Å². The average Bonchev–Trinajstić information content (AvgIpc) is 3.31. The molecule has 10 nitrogen and oxygen atoms in total. The Kier molecular flexibility index (Phi) is 7.47. The molecule has 4 rings (SSSR count). The lowest BCUT2D eigenvalue weighted by Gasteiger charge is -2.39. The molecule has 1 aliphatic heterocycles. The van der Waals surface area contributed by atoms with Crippen LogP contribution in [0, 0.1) is 0 Å². The number of amides is 2. The van der Waals surface area contributed by atoms with E-state index in [4.69, 9.17) is 4.74 Å². The predicted octanol–water partition coefficient (Wildman–Crippen LogP) is 4.51. The first-order valence-electron chi connectivity index (χ1n) is 12.5. The highest BCUT2D eigenvalue weighted by Crippen LogP contribution is 2.40. The lowest BCUT2D eigenvalue weighted by atomic mass is 9.89. The molecule has 37 heavy (non-hydrogen) atoms. The van der Waals surface area contributed by atoms with E-state index in [1.807, 2.05) is 54.9 Å². The third-order valence-electron chi connectivity index (χ3n) is 6.22. The number of anilines is 2. The molecule has 10 heteroatoms. The number of aromatic nitrogens is 4. The summed E-state index contributed by atoms with van der Waals surface area (Å²) in [6.07, 6.45) is 7.54. The van der Waals surface area contributed by atoms with Crippen molar-refractivity contribution in [2.75, 3.05) is 23.8 Å². The van der Waals surface area contributed by atoms with Crippen LogP contribution < -0.4 is 10.2 Å². The maximum absolute atomic E-state index is 12.5. The molecule has 1 aromatic carbocycles. The smallest absolute Gasteiger partial charge is 0.410 e. The second kappa shape index (κ2) is 10.6. The van der Waals surface area contributed by atoms with Gasteiger partial charge in [-0.15, -0.1) is 0 Å². The predicted molar refractivity (Wildman–Crippen MR) is 142 cm³/mol. The van der Waals surface area contributed by atoms with Crippen molar-refractivity contribution in [1.29, 1.82) is 0 Å². The molecule has 2 aromatic heterocycles. The van der Waals surface area contributed by atoms with Crippen molar-refractivity contribution < 1.29 is 14.3 Å². The van der Waals surface area contributed by atoms with E-state index in [0.717, 1.165) is 28.8 Å². The van der Waals surface area contributed by atoms with Crippen LogP contribution in [0.25, 0.3) is 11.1 Å². The fourth-order valence-electron chi connectivity index (χ4n) is 4.51. The topological polar surface area (TPSA) is 105 Å². The Labute approximate surface area is 217 Å². The highest BCUT2D eigenvalue weighted by atomic mass is 16.6. The summed E-state index contributed by atoms with van der Waals surface area (Å²) in [6.45, 7) is 10.2. The number of carbonyl (C=O) groups excluding carboxylic acids is 2. The Morgan fingerprint density at radius 1 is 1.19 bits per heavy atom. The van der Waals surface area contributed by atoms with Gasteiger partial charge in [-0.05, 0) is 63.4 Å². The first-order chi connectivity index (χ1) is 17.5. The van der Waals surface area contributed by atoms with Crippen LogP contribution in [-0.4, -0.2) is 61.9 Å². The zero-order valence-electron chi connectivity index (χ0n) is 22.3. The molecule has 2 atom stereocenters. The van der Waals surface area contributed by atoms with Gasteiger partial charge in [0.1, 0.15) is 5.60 Å². The summed E-state index contributed by atoms with van der Waals surface area (Å²) in [5.74, 6) is 0.562. The number of rotatable bonds is 6. The third kappa shape index (κ3) is 6.25. The minimum atomic E-state index is -0.536. The fourth-order valence-corrected chi connectivity index (χ4v) is 4.51. The minimum Gasteiger partial charge on any atom is -0.444 e. The number of likely N-dealkylation sites (N-methyl/N-ethyl adjacent to an activating group) is 1. The molecule has 0 spiro atoms. The highest BCUT2D eigenvalue weighted by molar-refractivity contribution is 5.94. The number of fused-ring (bicyclic) bond motifs is 1. The molecule has 0 radical (unpaired) electrons. The molecule has 1 N–H and O–H groups in total. The van der Waals surface area contributed by atoms with Gasteiger partial charge in [0.2, 0.25) is 11.9 Å². The normalized spacial score (nSPS) is 17.2. The Balaban J connectivity index is 1.55. The molecule has 0 fully saturated rings. The Hall–Kier alpha value is -3.95. The van der Waals surface area contributed by atoms with Crippen LogP contribution in [0.4, 0.5) is 16.4 Å². The van der Waals surface area contributed by atoms with E-state index >= 15 is 0 Å². The molecule has 0 bridgehead atoms. The van der Waals surface area contributed by atoms with E-state index in [9.17, 15) is 9.59 Å². The van der Waals surface area contributed by atoms with Crippen molar-refractivity contribution in [3.63, 3.8) is 0 Å². The van der Waals surface area contributed by atoms with Gasteiger partial charge in [-0.25, -0.2) is 14.8 Å². The first-order valence-corrected chi connectivity index (χ1v) is 12.5. The molecule has 1 aliphatic rings. The van der Waals surface area contributed by atoms with Gasteiger partial charge in [0.15, 0.2) is 0 Å². The number of nitrogens with zero attached hydrogens (tertiary/aromatic N) is 6. The van der Waals surface area contributed by atoms with Gasteiger partial charge >= 0.3 is 6.09 Å². The Morgan fingerprint density at radius 3 is 2.59 bits per heavy atom. The van der Waals surface area contributed by atoms with Crippen LogP contribution in [-0.2, 0) is 16.1 Å². The maximum atomic E-state index is 12.5. The number of hydrogen-bond acceptors (Lipinski definition) is 7. The SMILES string of the molecule is CC(=O)N1c2ccc(-c3cnn(CCN(C)C(=O)OC(C)(C)C)c3)cc2C(Nc2ncccn2)CC1C. The molecule has 0 saturated carbocycles. The first kappa shape index (κ1) is 26.1. The van der Waals surface area contributed by atoms with E-state index in [1.54, 1.807) is 37.3 Å². The van der Waals surface area contributed by atoms with Crippen LogP contribution in [0.3, 0.4) is 0 Å². The van der Waals surface area contributed by atoms with Gasteiger partial charge in [0.25, 0.3) is 0 Å². The van der Waals surface area contributed by atoms with Gasteiger partial charge in [-0.3, -0.25) is 9.48 Å². The van der Waals surface area contributed by atoms with Gasteiger partial charge in [-0.1, -0.05) is 6.07 Å². The van der Waals surface area contributed by atoms with Crippen molar-refractivity contribution in [3.05, 3.63) is 54.6 Å². The highest BCUT2D eigenvalue weighted by Gasteiger charge is 2.33. The molecular weight excluding hydrogens is 470 g/mol. The summed E-state index contributed by atoms with van der Waals surface area (Å²) >= 11 is 0. The maximum Gasteiger partial charge on any atom is 0.410 e. The largest absolute Gasteiger partial charge is 0.444 e. The van der Waals surface area contributed by atoms with Crippen LogP contribution in [0.5, 0.6) is 0 Å². The quantitative estimate of drug-likeness (QED) is 0.526. The standard InChI is InChI=1S/C27H35N7O3/c1-18-14-23(31-25-28-10-7-11-29-25)22-15-20(8-9-24(22)34(18)19(2)35)21-16-30-33(17-21)13-12-32(6)26(36)37-27(3,4)5/h7-11,15-18,23H,12-14H2,1-6H3,(H,28,29,31). The number of ether oxygens (including phenoxy) is 1. The molecule has 3 heterocycles. The summed E-state index contributed by atoms with van der Waals surface area (Å²) in [5, 5.41) is 7.93. The molecule has 2 amide bonds. The number of hydrogen-bond donors (Lipinski definition) is 1. The van der Waals surface area contributed by atoms with Gasteiger partial charge < -0.3 is 19.9 Å². The van der Waals surface area contributed by atoms with Crippen molar-refractivity contribution in [1.82, 2.24) is 24.6 Å². The Morgan fingerprint density at radius 2 is 1.92 bits per heavy atom. The summed E-state index contributed by atoms with van der Waals surface area (Å²) in [6, 6.07) is 7.86. The summed E-state index contributed by atoms with van der Waals surface area (Å²) < 4.78 is 7.23.